The molecule has 0 spiro atoms. The van der Waals surface area contributed by atoms with E-state index in [1.807, 2.05) is 13.8 Å². The maximum atomic E-state index is 13.8. The molecule has 0 radical (unpaired) electrons. The Balaban J connectivity index is 2.33. The van der Waals surface area contributed by atoms with Crippen LogP contribution in [0.15, 0.2) is 0 Å². The highest BCUT2D eigenvalue weighted by Crippen LogP contribution is 2.36. The van der Waals surface area contributed by atoms with Gasteiger partial charge in [0.2, 0.25) is 23.2 Å². The van der Waals surface area contributed by atoms with Gasteiger partial charge in [0.05, 0.1) is 6.04 Å². The highest BCUT2D eigenvalue weighted by atomic mass is 19.4. The molecule has 0 aromatic rings. The number of amides is 4. The molecule has 228 valence electrons. The highest BCUT2D eigenvalue weighted by Gasteiger charge is 2.52. The number of nitrogens with zero attached hydrogens (tertiary/aromatic N) is 1. The van der Waals surface area contributed by atoms with E-state index in [1.54, 1.807) is 20.8 Å². The van der Waals surface area contributed by atoms with Crippen molar-refractivity contribution in [3.05, 3.63) is 0 Å². The summed E-state index contributed by atoms with van der Waals surface area (Å²) in [5.41, 5.74) is 1.87. The van der Waals surface area contributed by atoms with Gasteiger partial charge in [-0.25, -0.2) is 4.79 Å². The van der Waals surface area contributed by atoms with Crippen LogP contribution < -0.4 is 16.4 Å². The number of alkyl carbamates (subject to hydrolysis) is 1. The zero-order valence-electron chi connectivity index (χ0n) is 24.3. The number of nitrogens with two attached hydrogens (primary N) is 1. The minimum absolute atomic E-state index is 0.0474. The predicted octanol–water partition coefficient (Wildman–Crippen LogP) is 3.07. The lowest BCUT2D eigenvalue weighted by Gasteiger charge is -2.35. The number of carbonyl (C=O) groups excluding carboxylic acids is 5. The molecule has 4 amide bonds. The smallest absolute Gasteiger partial charge is 0.427 e. The molecule has 2 aliphatic rings. The van der Waals surface area contributed by atoms with Crippen molar-refractivity contribution >= 4 is 29.6 Å². The number of carbonyl (C=O) groups is 5. The summed E-state index contributed by atoms with van der Waals surface area (Å²) in [5.74, 6) is -3.53. The first-order valence-corrected chi connectivity index (χ1v) is 13.7. The number of halogens is 3. The standard InChI is InChI=1S/C27H43F3N4O6/c1-14(2)16-10-11-34(19(16)22(37)32-17(12-15-8-9-15)20(35)21(31)36)23(38)18(13-25(3,4)5)33-24(39)40-26(6,7)27(28,29)30/h14-19H,8-13H2,1-7H3,(H2,31,36)(H,32,37)(H,33,39)/t16?,17?,18?,19-/m0/s1. The van der Waals surface area contributed by atoms with Gasteiger partial charge in [0.15, 0.2) is 0 Å². The van der Waals surface area contributed by atoms with Crippen LogP contribution in [0.5, 0.6) is 0 Å². The highest BCUT2D eigenvalue weighted by molar-refractivity contribution is 6.37. The lowest BCUT2D eigenvalue weighted by Crippen LogP contribution is -2.58. The number of hydrogen-bond donors (Lipinski definition) is 3. The maximum Gasteiger partial charge on any atom is 0.427 e. The fourth-order valence-corrected chi connectivity index (χ4v) is 4.92. The molecule has 2 rings (SSSR count). The van der Waals surface area contributed by atoms with E-state index in [4.69, 9.17) is 5.73 Å². The molecule has 3 unspecified atom stereocenters. The van der Waals surface area contributed by atoms with Crippen molar-refractivity contribution in [2.45, 2.75) is 110 Å². The molecule has 0 bridgehead atoms. The summed E-state index contributed by atoms with van der Waals surface area (Å²) in [6, 6.07) is -3.43. The molecular formula is C27H43F3N4O6. The Morgan fingerprint density at radius 1 is 0.950 bits per heavy atom. The van der Waals surface area contributed by atoms with Crippen LogP contribution in [0, 0.1) is 23.2 Å². The average molecular weight is 577 g/mol. The fraction of sp³-hybridized carbons (Fsp3) is 0.815. The first-order valence-electron chi connectivity index (χ1n) is 13.7. The van der Waals surface area contributed by atoms with Gasteiger partial charge in [0.25, 0.3) is 5.91 Å². The number of likely N-dealkylation sites (tertiary alicyclic amines) is 1. The van der Waals surface area contributed by atoms with Crippen LogP contribution in [0.3, 0.4) is 0 Å². The second kappa shape index (κ2) is 12.3. The van der Waals surface area contributed by atoms with Gasteiger partial charge in [-0.05, 0) is 56.3 Å². The van der Waals surface area contributed by atoms with E-state index in [0.717, 1.165) is 12.8 Å². The van der Waals surface area contributed by atoms with Gasteiger partial charge < -0.3 is 26.0 Å². The zero-order valence-corrected chi connectivity index (χ0v) is 24.3. The molecule has 4 N–H and O–H groups in total. The second-order valence-corrected chi connectivity index (χ2v) is 13.0. The van der Waals surface area contributed by atoms with Crippen LogP contribution in [0.4, 0.5) is 18.0 Å². The molecule has 10 nitrogen and oxygen atoms in total. The van der Waals surface area contributed by atoms with Crippen molar-refractivity contribution in [1.82, 2.24) is 15.5 Å². The van der Waals surface area contributed by atoms with Crippen molar-refractivity contribution in [2.75, 3.05) is 6.54 Å². The Morgan fingerprint density at radius 2 is 1.52 bits per heavy atom. The quantitative estimate of drug-likeness (QED) is 0.322. The molecule has 2 fully saturated rings. The third kappa shape index (κ3) is 8.82. The molecule has 13 heteroatoms. The Kier molecular flexibility index (Phi) is 10.3. The molecule has 1 aliphatic heterocycles. The summed E-state index contributed by atoms with van der Waals surface area (Å²) >= 11 is 0. The molecule has 1 saturated carbocycles. The second-order valence-electron chi connectivity index (χ2n) is 13.0. The number of alkyl halides is 3. The van der Waals surface area contributed by atoms with Gasteiger partial charge in [0.1, 0.15) is 12.1 Å². The Bertz CT molecular complexity index is 988. The number of hydrogen-bond acceptors (Lipinski definition) is 6. The maximum absolute atomic E-state index is 13.8. The normalized spacial score (nSPS) is 21.5. The van der Waals surface area contributed by atoms with Crippen LogP contribution in [0.1, 0.15) is 80.6 Å². The van der Waals surface area contributed by atoms with E-state index in [0.29, 0.717) is 20.3 Å². The van der Waals surface area contributed by atoms with E-state index in [1.165, 1.54) is 4.90 Å². The third-order valence-corrected chi connectivity index (χ3v) is 7.43. The Hall–Kier alpha value is -2.86. The summed E-state index contributed by atoms with van der Waals surface area (Å²) in [4.78, 5) is 65.3. The van der Waals surface area contributed by atoms with E-state index < -0.39 is 64.9 Å². The van der Waals surface area contributed by atoms with Crippen LogP contribution in [-0.4, -0.2) is 70.9 Å². The Morgan fingerprint density at radius 3 is 1.98 bits per heavy atom. The van der Waals surface area contributed by atoms with E-state index in [-0.39, 0.29) is 37.1 Å². The first-order chi connectivity index (χ1) is 18.1. The number of ketones is 1. The zero-order chi connectivity index (χ0) is 30.8. The van der Waals surface area contributed by atoms with E-state index >= 15 is 0 Å². The SMILES string of the molecule is CC(C)C1CCN(C(=O)C(CC(C)(C)C)NC(=O)OC(C)(C)C(F)(F)F)[C@@H]1C(=O)NC(CC1CC1)C(=O)C(N)=O. The minimum Gasteiger partial charge on any atom is -0.434 e. The molecule has 40 heavy (non-hydrogen) atoms. The summed E-state index contributed by atoms with van der Waals surface area (Å²) in [6.45, 7) is 10.7. The minimum atomic E-state index is -4.84. The van der Waals surface area contributed by atoms with Crippen molar-refractivity contribution in [2.24, 2.45) is 28.9 Å². The van der Waals surface area contributed by atoms with Gasteiger partial charge in [-0.3, -0.25) is 19.2 Å². The van der Waals surface area contributed by atoms with Crippen molar-refractivity contribution in [1.29, 1.82) is 0 Å². The predicted molar refractivity (Wildman–Crippen MR) is 140 cm³/mol. The summed E-state index contributed by atoms with van der Waals surface area (Å²) in [7, 11) is 0. The average Bonchev–Trinajstić information content (AvgIpc) is 3.48. The first kappa shape index (κ1) is 33.3. The lowest BCUT2D eigenvalue weighted by molar-refractivity contribution is -0.244. The number of Topliss-reactive ketones (excluding diaryl/α,β-unsaturated/α-hetero) is 1. The van der Waals surface area contributed by atoms with Crippen LogP contribution in [0.25, 0.3) is 0 Å². The largest absolute Gasteiger partial charge is 0.434 e. The lowest BCUT2D eigenvalue weighted by atomic mass is 9.86. The molecular weight excluding hydrogens is 533 g/mol. The fourth-order valence-electron chi connectivity index (χ4n) is 4.92. The molecule has 1 saturated heterocycles. The van der Waals surface area contributed by atoms with Crippen LogP contribution in [-0.2, 0) is 23.9 Å². The topological polar surface area (TPSA) is 148 Å². The number of ether oxygens (including phenoxy) is 1. The third-order valence-electron chi connectivity index (χ3n) is 7.43. The van der Waals surface area contributed by atoms with Gasteiger partial charge >= 0.3 is 12.3 Å². The number of rotatable bonds is 11. The molecule has 4 atom stereocenters. The molecule has 0 aromatic carbocycles. The molecule has 1 aliphatic carbocycles. The van der Waals surface area contributed by atoms with E-state index in [9.17, 15) is 37.1 Å². The summed E-state index contributed by atoms with van der Waals surface area (Å²) in [5, 5.41) is 4.93. The van der Waals surface area contributed by atoms with E-state index in [2.05, 4.69) is 15.4 Å². The van der Waals surface area contributed by atoms with Gasteiger partial charge in [0, 0.05) is 6.54 Å². The van der Waals surface area contributed by atoms with Gasteiger partial charge in [-0.2, -0.15) is 13.2 Å². The molecule has 0 aromatic heterocycles. The van der Waals surface area contributed by atoms with Crippen LogP contribution >= 0.6 is 0 Å². The monoisotopic (exact) mass is 576 g/mol. The Labute approximate surface area is 233 Å². The molecule has 1 heterocycles. The van der Waals surface area contributed by atoms with Crippen molar-refractivity contribution in [3.63, 3.8) is 0 Å². The van der Waals surface area contributed by atoms with Crippen molar-refractivity contribution in [3.8, 4) is 0 Å². The number of nitrogens with one attached hydrogen (secondary N) is 2. The van der Waals surface area contributed by atoms with Gasteiger partial charge in [-0.1, -0.05) is 47.5 Å². The number of primary amides is 1. The summed E-state index contributed by atoms with van der Waals surface area (Å²) in [6.07, 6.45) is -3.76. The van der Waals surface area contributed by atoms with Crippen LogP contribution in [0.2, 0.25) is 0 Å². The van der Waals surface area contributed by atoms with Crippen molar-refractivity contribution < 1.29 is 41.9 Å². The van der Waals surface area contributed by atoms with Gasteiger partial charge in [-0.15, -0.1) is 0 Å². The summed E-state index contributed by atoms with van der Waals surface area (Å²) < 4.78 is 44.5.